The summed E-state index contributed by atoms with van der Waals surface area (Å²) in [5.41, 5.74) is -1.05. The maximum absolute atomic E-state index is 11.3. The minimum Gasteiger partial charge on any atom is -0.453 e. The average molecular weight is 159 g/mol. The molecular formula is C4H5ClF2O2. The van der Waals surface area contributed by atoms with Gasteiger partial charge in [-0.1, -0.05) is 0 Å². The van der Waals surface area contributed by atoms with E-state index in [1.54, 1.807) is 0 Å². The molecule has 0 radical (unpaired) electrons. The van der Waals surface area contributed by atoms with Gasteiger partial charge in [-0.3, -0.25) is 0 Å². The van der Waals surface area contributed by atoms with E-state index >= 15 is 0 Å². The highest BCUT2D eigenvalue weighted by molar-refractivity contribution is 6.61. The molecule has 0 aliphatic carbocycles. The van der Waals surface area contributed by atoms with Crippen LogP contribution in [-0.2, 0) is 4.74 Å². The van der Waals surface area contributed by atoms with Crippen molar-refractivity contribution < 1.29 is 18.3 Å². The molecule has 0 fully saturated rings. The maximum Gasteiger partial charge on any atom is 0.403 e. The lowest BCUT2D eigenvalue weighted by Gasteiger charge is -1.97. The number of carbonyl (C=O) groups excluding carboxylic acids is 1. The first-order chi connectivity index (χ1) is 4.13. The van der Waals surface area contributed by atoms with E-state index in [-0.39, 0.29) is 6.61 Å². The van der Waals surface area contributed by atoms with E-state index in [0.29, 0.717) is 0 Å². The fourth-order valence-corrected chi connectivity index (χ4v) is 0.305. The average Bonchev–Trinajstić information content (AvgIpc) is 1.63. The molecule has 0 aliphatic heterocycles. The van der Waals surface area contributed by atoms with E-state index in [4.69, 9.17) is 0 Å². The van der Waals surface area contributed by atoms with Gasteiger partial charge in [0, 0.05) is 18.0 Å². The number of carbonyl (C=O) groups is 1. The van der Waals surface area contributed by atoms with Gasteiger partial charge in [-0.25, -0.2) is 13.6 Å². The molecule has 0 N–H and O–H groups in total. The molecule has 0 spiro atoms. The minimum absolute atomic E-state index is 0.319. The molecule has 54 valence electrons. The van der Waals surface area contributed by atoms with Crippen LogP contribution in [0.5, 0.6) is 0 Å². The first-order valence-electron chi connectivity index (χ1n) is 2.23. The summed E-state index contributed by atoms with van der Waals surface area (Å²) in [7, 11) is 0. The molecular weight excluding hydrogens is 153 g/mol. The van der Waals surface area contributed by atoms with Crippen molar-refractivity contribution in [3.05, 3.63) is 0 Å². The van der Waals surface area contributed by atoms with Crippen LogP contribution in [0.2, 0.25) is 0 Å². The molecule has 0 aromatic heterocycles. The summed E-state index contributed by atoms with van der Waals surface area (Å²) in [6.45, 7) is -0.319. The topological polar surface area (TPSA) is 26.3 Å². The third kappa shape index (κ3) is 7.62. The molecule has 0 saturated carbocycles. The van der Waals surface area contributed by atoms with Crippen molar-refractivity contribution >= 4 is 17.0 Å². The quantitative estimate of drug-likeness (QED) is 0.588. The van der Waals surface area contributed by atoms with Gasteiger partial charge in [0.1, 0.15) is 0 Å². The van der Waals surface area contributed by atoms with Crippen LogP contribution < -0.4 is 0 Å². The van der Waals surface area contributed by atoms with E-state index in [0.717, 1.165) is 0 Å². The third-order valence-electron chi connectivity index (χ3n) is 0.552. The fraction of sp³-hybridized carbons (Fsp3) is 0.750. The Morgan fingerprint density at radius 2 is 2.22 bits per heavy atom. The van der Waals surface area contributed by atoms with Crippen LogP contribution >= 0.6 is 11.6 Å². The Morgan fingerprint density at radius 3 is 2.56 bits per heavy atom. The van der Waals surface area contributed by atoms with Gasteiger partial charge < -0.3 is 4.74 Å². The molecule has 0 rings (SSSR count). The van der Waals surface area contributed by atoms with Crippen LogP contribution in [0.1, 0.15) is 6.42 Å². The normalized spacial score (nSPS) is 9.78. The second-order valence-corrected chi connectivity index (χ2v) is 1.57. The number of hydrogen-bond donors (Lipinski definition) is 0. The molecule has 0 aromatic carbocycles. The van der Waals surface area contributed by atoms with Crippen molar-refractivity contribution in [1.29, 1.82) is 0 Å². The molecule has 9 heavy (non-hydrogen) atoms. The first kappa shape index (κ1) is 8.62. The molecule has 0 heterocycles. The second-order valence-electron chi connectivity index (χ2n) is 1.27. The summed E-state index contributed by atoms with van der Waals surface area (Å²) in [6.07, 6.45) is -2.90. The Balaban J connectivity index is 3.01. The van der Waals surface area contributed by atoms with E-state index in [9.17, 15) is 13.6 Å². The monoisotopic (exact) mass is 158 g/mol. The predicted molar refractivity (Wildman–Crippen MR) is 27.8 cm³/mol. The molecule has 0 saturated heterocycles. The Kier molecular flexibility index (Phi) is 4.30. The van der Waals surface area contributed by atoms with Crippen molar-refractivity contribution in [1.82, 2.24) is 0 Å². The predicted octanol–water partition coefficient (Wildman–Crippen LogP) is 2.02. The summed E-state index contributed by atoms with van der Waals surface area (Å²) < 4.78 is 26.5. The molecule has 5 heteroatoms. The highest BCUT2D eigenvalue weighted by atomic mass is 35.5. The molecule has 0 atom stereocenters. The lowest BCUT2D eigenvalue weighted by atomic mass is 10.5. The van der Waals surface area contributed by atoms with Crippen molar-refractivity contribution in [2.24, 2.45) is 0 Å². The van der Waals surface area contributed by atoms with E-state index in [1.165, 1.54) is 0 Å². The van der Waals surface area contributed by atoms with Crippen molar-refractivity contribution in [3.8, 4) is 0 Å². The summed E-state index contributed by atoms with van der Waals surface area (Å²) in [5.74, 6) is 0. The van der Waals surface area contributed by atoms with E-state index < -0.39 is 18.3 Å². The minimum atomic E-state index is -2.44. The molecule has 0 amide bonds. The third-order valence-corrected chi connectivity index (χ3v) is 0.661. The maximum atomic E-state index is 11.3. The van der Waals surface area contributed by atoms with Gasteiger partial charge in [0.2, 0.25) is 6.43 Å². The Morgan fingerprint density at radius 1 is 1.67 bits per heavy atom. The lowest BCUT2D eigenvalue weighted by Crippen LogP contribution is -2.01. The Labute approximate surface area is 55.7 Å². The number of hydrogen-bond acceptors (Lipinski definition) is 2. The van der Waals surface area contributed by atoms with E-state index in [2.05, 4.69) is 16.3 Å². The molecule has 0 aromatic rings. The zero-order valence-corrected chi connectivity index (χ0v) is 5.20. The van der Waals surface area contributed by atoms with Gasteiger partial charge in [0.05, 0.1) is 6.61 Å². The van der Waals surface area contributed by atoms with Gasteiger partial charge in [0.25, 0.3) is 0 Å². The van der Waals surface area contributed by atoms with Crippen LogP contribution in [0.25, 0.3) is 0 Å². The summed E-state index contributed by atoms with van der Waals surface area (Å²) in [5, 5.41) is 0. The van der Waals surface area contributed by atoms with Crippen LogP contribution in [0.4, 0.5) is 13.6 Å². The highest BCUT2D eigenvalue weighted by Crippen LogP contribution is 1.99. The van der Waals surface area contributed by atoms with Gasteiger partial charge in [-0.05, 0) is 0 Å². The number of alkyl halides is 2. The number of rotatable bonds is 3. The molecule has 0 unspecified atom stereocenters. The largest absolute Gasteiger partial charge is 0.453 e. The molecule has 0 bridgehead atoms. The summed E-state index contributed by atoms with van der Waals surface area (Å²) >= 11 is 4.66. The zero-order valence-electron chi connectivity index (χ0n) is 4.44. The van der Waals surface area contributed by atoms with Gasteiger partial charge in [0.15, 0.2) is 0 Å². The zero-order chi connectivity index (χ0) is 7.28. The van der Waals surface area contributed by atoms with Gasteiger partial charge in [-0.2, -0.15) is 0 Å². The van der Waals surface area contributed by atoms with Gasteiger partial charge >= 0.3 is 5.43 Å². The van der Waals surface area contributed by atoms with Crippen molar-refractivity contribution in [2.45, 2.75) is 12.8 Å². The standard InChI is InChI=1S/C4H5ClF2O2/c5-4(8)9-2-1-3(6)7/h3H,1-2H2. The summed E-state index contributed by atoms with van der Waals surface area (Å²) in [4.78, 5) is 9.72. The van der Waals surface area contributed by atoms with Crippen molar-refractivity contribution in [2.75, 3.05) is 6.61 Å². The SMILES string of the molecule is O=C(Cl)OCCC(F)F. The number of ether oxygens (including phenoxy) is 1. The molecule has 0 aliphatic rings. The van der Waals surface area contributed by atoms with Crippen LogP contribution in [0.15, 0.2) is 0 Å². The smallest absolute Gasteiger partial charge is 0.403 e. The number of halogens is 3. The van der Waals surface area contributed by atoms with E-state index in [1.807, 2.05) is 0 Å². The summed E-state index contributed by atoms with van der Waals surface area (Å²) in [6, 6.07) is 0. The Hall–Kier alpha value is -0.380. The van der Waals surface area contributed by atoms with Crippen LogP contribution in [0, 0.1) is 0 Å². The first-order valence-corrected chi connectivity index (χ1v) is 2.61. The lowest BCUT2D eigenvalue weighted by molar-refractivity contribution is 0.0987. The fourth-order valence-electron chi connectivity index (χ4n) is 0.228. The molecule has 2 nitrogen and oxygen atoms in total. The van der Waals surface area contributed by atoms with Crippen LogP contribution in [0.3, 0.4) is 0 Å². The Bertz CT molecular complexity index is 96.6. The van der Waals surface area contributed by atoms with Crippen molar-refractivity contribution in [3.63, 3.8) is 0 Å². The second kappa shape index (κ2) is 4.49. The highest BCUT2D eigenvalue weighted by Gasteiger charge is 2.02. The van der Waals surface area contributed by atoms with Crippen LogP contribution in [-0.4, -0.2) is 18.5 Å². The van der Waals surface area contributed by atoms with Gasteiger partial charge in [-0.15, -0.1) is 0 Å².